The quantitative estimate of drug-likeness (QED) is 0.808. The first-order valence-electron chi connectivity index (χ1n) is 5.00. The predicted molar refractivity (Wildman–Crippen MR) is 63.3 cm³/mol. The number of nitrogen functional groups attached to an aromatic ring is 1. The Morgan fingerprint density at radius 1 is 1.69 bits per heavy atom. The van der Waals surface area contributed by atoms with Crippen LogP contribution in [0.5, 0.6) is 0 Å². The maximum Gasteiger partial charge on any atom is 0.244 e. The number of carbonyl (C=O) groups excluding carboxylic acids is 1. The van der Waals surface area contributed by atoms with Gasteiger partial charge < -0.3 is 16.0 Å². The number of anilines is 2. The lowest BCUT2D eigenvalue weighted by atomic mass is 10.2. The summed E-state index contributed by atoms with van der Waals surface area (Å²) in [7, 11) is 1.78. The molecule has 1 aliphatic rings. The van der Waals surface area contributed by atoms with Gasteiger partial charge in [-0.25, -0.2) is 4.98 Å². The van der Waals surface area contributed by atoms with Crippen molar-refractivity contribution in [1.82, 2.24) is 9.88 Å². The molecule has 16 heavy (non-hydrogen) atoms. The molecule has 0 aliphatic carbocycles. The summed E-state index contributed by atoms with van der Waals surface area (Å²) in [5, 5.41) is 3.51. The highest BCUT2D eigenvalue weighted by atomic mass is 35.5. The van der Waals surface area contributed by atoms with E-state index in [0.29, 0.717) is 16.5 Å². The van der Waals surface area contributed by atoms with Crippen LogP contribution in [0.2, 0.25) is 5.02 Å². The molecule has 1 atom stereocenters. The molecule has 1 aromatic rings. The number of rotatable bonds is 2. The fourth-order valence-corrected chi connectivity index (χ4v) is 1.86. The molecule has 1 aliphatic heterocycles. The molecular weight excluding hydrogens is 228 g/mol. The van der Waals surface area contributed by atoms with Gasteiger partial charge in [-0.3, -0.25) is 4.79 Å². The highest BCUT2D eigenvalue weighted by molar-refractivity contribution is 6.30. The molecule has 2 rings (SSSR count). The molecule has 0 spiro atoms. The molecule has 1 aromatic heterocycles. The standard InChI is InChI=1S/C10H13ClN4O/c1-15-3-2-8(10(15)16)14-9-7(12)4-6(11)5-13-9/h4-5,8H,2-3,12H2,1H3,(H,13,14). The number of carbonyl (C=O) groups is 1. The minimum Gasteiger partial charge on any atom is -0.396 e. The number of nitrogens with zero attached hydrogens (tertiary/aromatic N) is 2. The highest BCUT2D eigenvalue weighted by Gasteiger charge is 2.29. The molecule has 1 fully saturated rings. The molecule has 0 saturated carbocycles. The minimum atomic E-state index is -0.235. The van der Waals surface area contributed by atoms with Crippen molar-refractivity contribution in [1.29, 1.82) is 0 Å². The van der Waals surface area contributed by atoms with Crippen LogP contribution in [-0.2, 0) is 4.79 Å². The third kappa shape index (κ3) is 2.04. The van der Waals surface area contributed by atoms with Crippen molar-refractivity contribution < 1.29 is 4.79 Å². The molecule has 86 valence electrons. The first-order valence-corrected chi connectivity index (χ1v) is 5.38. The molecule has 1 saturated heterocycles. The molecule has 1 amide bonds. The normalized spacial score (nSPS) is 20.2. The number of nitrogens with one attached hydrogen (secondary N) is 1. The lowest BCUT2D eigenvalue weighted by molar-refractivity contribution is -0.127. The number of hydrogen-bond acceptors (Lipinski definition) is 4. The van der Waals surface area contributed by atoms with Crippen molar-refractivity contribution in [3.63, 3.8) is 0 Å². The first kappa shape index (κ1) is 11.0. The van der Waals surface area contributed by atoms with E-state index in [9.17, 15) is 4.79 Å². The van der Waals surface area contributed by atoms with Crippen molar-refractivity contribution in [3.05, 3.63) is 17.3 Å². The van der Waals surface area contributed by atoms with Gasteiger partial charge in [0.25, 0.3) is 0 Å². The maximum absolute atomic E-state index is 11.7. The Balaban J connectivity index is 2.12. The van der Waals surface area contributed by atoms with Gasteiger partial charge in [0.1, 0.15) is 11.9 Å². The van der Waals surface area contributed by atoms with Crippen LogP contribution in [0.15, 0.2) is 12.3 Å². The minimum absolute atomic E-state index is 0.0659. The Kier molecular flexibility index (Phi) is 2.87. The lowest BCUT2D eigenvalue weighted by Gasteiger charge is -2.14. The summed E-state index contributed by atoms with van der Waals surface area (Å²) < 4.78 is 0. The molecule has 0 aromatic carbocycles. The third-order valence-electron chi connectivity index (χ3n) is 2.62. The molecule has 1 unspecified atom stereocenters. The van der Waals surface area contributed by atoms with E-state index in [1.54, 1.807) is 18.0 Å². The summed E-state index contributed by atoms with van der Waals surface area (Å²) in [4.78, 5) is 17.4. The van der Waals surface area contributed by atoms with Crippen LogP contribution >= 0.6 is 11.6 Å². The van der Waals surface area contributed by atoms with Gasteiger partial charge in [0.05, 0.1) is 10.7 Å². The van der Waals surface area contributed by atoms with Gasteiger partial charge in [-0.1, -0.05) is 11.6 Å². The number of amides is 1. The monoisotopic (exact) mass is 240 g/mol. The van der Waals surface area contributed by atoms with Gasteiger partial charge >= 0.3 is 0 Å². The van der Waals surface area contributed by atoms with Gasteiger partial charge in [0.15, 0.2) is 0 Å². The van der Waals surface area contributed by atoms with Gasteiger partial charge in [0, 0.05) is 19.8 Å². The van der Waals surface area contributed by atoms with Gasteiger partial charge in [-0.15, -0.1) is 0 Å². The van der Waals surface area contributed by atoms with Crippen molar-refractivity contribution >= 4 is 29.0 Å². The number of nitrogens with two attached hydrogens (primary N) is 1. The van der Waals surface area contributed by atoms with Crippen molar-refractivity contribution in [3.8, 4) is 0 Å². The second kappa shape index (κ2) is 4.17. The topological polar surface area (TPSA) is 71.2 Å². The van der Waals surface area contributed by atoms with E-state index in [4.69, 9.17) is 17.3 Å². The van der Waals surface area contributed by atoms with Crippen molar-refractivity contribution in [2.75, 3.05) is 24.6 Å². The zero-order valence-corrected chi connectivity index (χ0v) is 9.66. The zero-order chi connectivity index (χ0) is 11.7. The molecule has 0 bridgehead atoms. The summed E-state index contributed by atoms with van der Waals surface area (Å²) in [5.74, 6) is 0.578. The summed E-state index contributed by atoms with van der Waals surface area (Å²) >= 11 is 5.74. The van der Waals surface area contributed by atoms with Crippen LogP contribution in [-0.4, -0.2) is 35.4 Å². The van der Waals surface area contributed by atoms with Crippen molar-refractivity contribution in [2.45, 2.75) is 12.5 Å². The van der Waals surface area contributed by atoms with Gasteiger partial charge in [-0.05, 0) is 12.5 Å². The Morgan fingerprint density at radius 2 is 2.44 bits per heavy atom. The third-order valence-corrected chi connectivity index (χ3v) is 2.83. The van der Waals surface area contributed by atoms with E-state index in [1.165, 1.54) is 6.20 Å². The Morgan fingerprint density at radius 3 is 3.00 bits per heavy atom. The van der Waals surface area contributed by atoms with Crippen LogP contribution in [0.3, 0.4) is 0 Å². The fourth-order valence-electron chi connectivity index (χ4n) is 1.70. The number of pyridine rings is 1. The Hall–Kier alpha value is -1.49. The molecule has 3 N–H and O–H groups in total. The molecular formula is C10H13ClN4O. The average Bonchev–Trinajstić information content (AvgIpc) is 2.54. The van der Waals surface area contributed by atoms with Crippen molar-refractivity contribution in [2.24, 2.45) is 0 Å². The SMILES string of the molecule is CN1CCC(Nc2ncc(Cl)cc2N)C1=O. The predicted octanol–water partition coefficient (Wildman–Crippen LogP) is 0.960. The van der Waals surface area contributed by atoms with E-state index in [-0.39, 0.29) is 11.9 Å². The van der Waals surface area contributed by atoms with E-state index in [1.807, 2.05) is 0 Å². The van der Waals surface area contributed by atoms with E-state index in [0.717, 1.165) is 13.0 Å². The summed E-state index contributed by atoms with van der Waals surface area (Å²) in [6.07, 6.45) is 2.27. The van der Waals surface area contributed by atoms with Crippen LogP contribution in [0.1, 0.15) is 6.42 Å². The van der Waals surface area contributed by atoms with E-state index in [2.05, 4.69) is 10.3 Å². The second-order valence-electron chi connectivity index (χ2n) is 3.84. The summed E-state index contributed by atoms with van der Waals surface area (Å²) in [6, 6.07) is 1.38. The molecule has 0 radical (unpaired) electrons. The Bertz CT molecular complexity index is 423. The number of likely N-dealkylation sites (N-methyl/N-ethyl adjacent to an activating group) is 1. The number of hydrogen-bond donors (Lipinski definition) is 2. The zero-order valence-electron chi connectivity index (χ0n) is 8.90. The molecule has 5 nitrogen and oxygen atoms in total. The largest absolute Gasteiger partial charge is 0.396 e. The maximum atomic E-state index is 11.7. The van der Waals surface area contributed by atoms with E-state index >= 15 is 0 Å². The van der Waals surface area contributed by atoms with Crippen LogP contribution in [0.25, 0.3) is 0 Å². The number of halogens is 1. The highest BCUT2D eigenvalue weighted by Crippen LogP contribution is 2.22. The average molecular weight is 241 g/mol. The summed E-state index contributed by atoms with van der Waals surface area (Å²) in [5.41, 5.74) is 6.20. The van der Waals surface area contributed by atoms with Gasteiger partial charge in [0.2, 0.25) is 5.91 Å². The fraction of sp³-hybridized carbons (Fsp3) is 0.400. The smallest absolute Gasteiger partial charge is 0.244 e. The Labute approximate surface area is 98.6 Å². The van der Waals surface area contributed by atoms with Crippen LogP contribution < -0.4 is 11.1 Å². The first-order chi connectivity index (χ1) is 7.58. The lowest BCUT2D eigenvalue weighted by Crippen LogP contribution is -2.31. The van der Waals surface area contributed by atoms with Crippen LogP contribution in [0.4, 0.5) is 11.5 Å². The number of likely N-dealkylation sites (tertiary alicyclic amines) is 1. The second-order valence-corrected chi connectivity index (χ2v) is 4.27. The van der Waals surface area contributed by atoms with E-state index < -0.39 is 0 Å². The van der Waals surface area contributed by atoms with Gasteiger partial charge in [-0.2, -0.15) is 0 Å². The number of aromatic nitrogens is 1. The molecule has 6 heteroatoms. The summed E-state index contributed by atoms with van der Waals surface area (Å²) in [6.45, 7) is 0.754. The van der Waals surface area contributed by atoms with Crippen LogP contribution in [0, 0.1) is 0 Å². The molecule has 2 heterocycles.